The average Bonchev–Trinajstić information content (AvgIpc) is 2.82. The summed E-state index contributed by atoms with van der Waals surface area (Å²) < 4.78 is 5.57. The lowest BCUT2D eigenvalue weighted by Crippen LogP contribution is -2.42. The highest BCUT2D eigenvalue weighted by Gasteiger charge is 2.26. The van der Waals surface area contributed by atoms with Crippen LogP contribution >= 0.6 is 23.1 Å². The number of rotatable bonds is 8. The number of thioether (sulfide) groups is 1. The molecule has 0 bridgehead atoms. The van der Waals surface area contributed by atoms with Gasteiger partial charge in [-0.3, -0.25) is 10.1 Å². The van der Waals surface area contributed by atoms with E-state index in [9.17, 15) is 9.59 Å². The standard InChI is InChI=1S/C11H19N5O3S2/c1-6(2)7(8(17)14-9(12)18)20-11-16-15-10(21-11)13-4-5-19-3/h6-7H,4-5H2,1-3H3,(H,13,15)(H3,12,14,17,18). The van der Waals surface area contributed by atoms with Gasteiger partial charge in [0.25, 0.3) is 0 Å². The van der Waals surface area contributed by atoms with Gasteiger partial charge in [0.15, 0.2) is 4.34 Å². The van der Waals surface area contributed by atoms with Crippen LogP contribution in [-0.4, -0.2) is 47.6 Å². The van der Waals surface area contributed by atoms with E-state index in [0.717, 1.165) is 0 Å². The van der Waals surface area contributed by atoms with Crippen molar-refractivity contribution in [2.45, 2.75) is 23.4 Å². The molecular weight excluding hydrogens is 314 g/mol. The molecule has 0 aliphatic carbocycles. The summed E-state index contributed by atoms with van der Waals surface area (Å²) in [6.45, 7) is 4.97. The lowest BCUT2D eigenvalue weighted by atomic mass is 10.1. The molecule has 8 nitrogen and oxygen atoms in total. The Morgan fingerprint density at radius 3 is 2.71 bits per heavy atom. The number of carbonyl (C=O) groups excluding carboxylic acids is 2. The Bertz CT molecular complexity index is 480. The maximum atomic E-state index is 11.9. The fraction of sp³-hybridized carbons (Fsp3) is 0.636. The van der Waals surface area contributed by atoms with Gasteiger partial charge in [-0.15, -0.1) is 10.2 Å². The number of imide groups is 1. The first kappa shape index (κ1) is 17.7. The topological polar surface area (TPSA) is 119 Å². The Labute approximate surface area is 131 Å². The van der Waals surface area contributed by atoms with Gasteiger partial charge >= 0.3 is 6.03 Å². The number of methoxy groups -OCH3 is 1. The number of primary amides is 1. The van der Waals surface area contributed by atoms with E-state index in [-0.39, 0.29) is 5.92 Å². The fourth-order valence-corrected chi connectivity index (χ4v) is 3.37. The van der Waals surface area contributed by atoms with Crippen LogP contribution in [0.5, 0.6) is 0 Å². The van der Waals surface area contributed by atoms with Crippen LogP contribution < -0.4 is 16.4 Å². The fourth-order valence-electron chi connectivity index (χ4n) is 1.38. The lowest BCUT2D eigenvalue weighted by molar-refractivity contribution is -0.120. The van der Waals surface area contributed by atoms with Crippen LogP contribution in [0.15, 0.2) is 4.34 Å². The second-order valence-electron chi connectivity index (χ2n) is 4.43. The van der Waals surface area contributed by atoms with Gasteiger partial charge in [-0.2, -0.15) is 0 Å². The summed E-state index contributed by atoms with van der Waals surface area (Å²) in [5.74, 6) is -0.408. The summed E-state index contributed by atoms with van der Waals surface area (Å²) in [7, 11) is 1.62. The molecule has 0 aromatic carbocycles. The molecule has 1 heterocycles. The number of anilines is 1. The van der Waals surface area contributed by atoms with E-state index in [1.54, 1.807) is 7.11 Å². The van der Waals surface area contributed by atoms with E-state index >= 15 is 0 Å². The molecule has 0 saturated heterocycles. The van der Waals surface area contributed by atoms with Crippen molar-refractivity contribution in [3.05, 3.63) is 0 Å². The first-order valence-electron chi connectivity index (χ1n) is 6.27. The zero-order valence-electron chi connectivity index (χ0n) is 12.1. The molecule has 1 atom stereocenters. The van der Waals surface area contributed by atoms with E-state index < -0.39 is 17.2 Å². The summed E-state index contributed by atoms with van der Waals surface area (Å²) in [6.07, 6.45) is 0. The monoisotopic (exact) mass is 333 g/mol. The van der Waals surface area contributed by atoms with Crippen molar-refractivity contribution in [3.63, 3.8) is 0 Å². The largest absolute Gasteiger partial charge is 0.383 e. The van der Waals surface area contributed by atoms with Crippen molar-refractivity contribution < 1.29 is 14.3 Å². The van der Waals surface area contributed by atoms with Crippen molar-refractivity contribution >= 4 is 40.2 Å². The molecule has 1 unspecified atom stereocenters. The van der Waals surface area contributed by atoms with Gasteiger partial charge in [0.05, 0.1) is 11.9 Å². The van der Waals surface area contributed by atoms with E-state index in [1.807, 2.05) is 13.8 Å². The van der Waals surface area contributed by atoms with Gasteiger partial charge in [0.2, 0.25) is 11.0 Å². The predicted molar refractivity (Wildman–Crippen MR) is 82.5 cm³/mol. The van der Waals surface area contributed by atoms with Crippen LogP contribution in [0, 0.1) is 5.92 Å². The first-order valence-corrected chi connectivity index (χ1v) is 7.97. The highest BCUT2D eigenvalue weighted by molar-refractivity contribution is 8.02. The van der Waals surface area contributed by atoms with Crippen LogP contribution in [-0.2, 0) is 9.53 Å². The third kappa shape index (κ3) is 6.27. The first-order chi connectivity index (χ1) is 9.93. The molecule has 1 aromatic heterocycles. The SMILES string of the molecule is COCCNc1nnc(SC(C(=O)NC(N)=O)C(C)C)s1. The predicted octanol–water partition coefficient (Wildman–Crippen LogP) is 0.908. The Morgan fingerprint density at radius 2 is 2.14 bits per heavy atom. The number of nitrogens with zero attached hydrogens (tertiary/aromatic N) is 2. The minimum atomic E-state index is -0.856. The molecule has 1 rings (SSSR count). The number of hydrogen-bond acceptors (Lipinski definition) is 8. The maximum absolute atomic E-state index is 11.9. The number of nitrogens with one attached hydrogen (secondary N) is 2. The summed E-state index contributed by atoms with van der Waals surface area (Å²) in [6, 6.07) is -0.856. The second-order valence-corrected chi connectivity index (χ2v) is 6.79. The summed E-state index contributed by atoms with van der Waals surface area (Å²) >= 11 is 2.60. The number of urea groups is 1. The third-order valence-electron chi connectivity index (χ3n) is 2.33. The quantitative estimate of drug-likeness (QED) is 0.478. The molecule has 0 spiro atoms. The highest BCUT2D eigenvalue weighted by atomic mass is 32.2. The second kappa shape index (κ2) is 8.80. The van der Waals surface area contributed by atoms with Gasteiger partial charge in [-0.25, -0.2) is 4.79 Å². The van der Waals surface area contributed by atoms with Crippen LogP contribution in [0.1, 0.15) is 13.8 Å². The molecule has 0 fully saturated rings. The van der Waals surface area contributed by atoms with Crippen molar-refractivity contribution in [1.29, 1.82) is 0 Å². The molecule has 0 radical (unpaired) electrons. The number of ether oxygens (including phenoxy) is 1. The van der Waals surface area contributed by atoms with Crippen molar-refractivity contribution in [2.24, 2.45) is 11.7 Å². The summed E-state index contributed by atoms with van der Waals surface area (Å²) in [5.41, 5.74) is 4.97. The van der Waals surface area contributed by atoms with Gasteiger partial charge < -0.3 is 15.8 Å². The third-order valence-corrected chi connectivity index (χ3v) is 4.84. The van der Waals surface area contributed by atoms with Crippen LogP contribution in [0.4, 0.5) is 9.93 Å². The number of aromatic nitrogens is 2. The molecule has 3 amide bonds. The molecule has 21 heavy (non-hydrogen) atoms. The smallest absolute Gasteiger partial charge is 0.318 e. The lowest BCUT2D eigenvalue weighted by Gasteiger charge is -2.16. The Balaban J connectivity index is 2.63. The normalized spacial score (nSPS) is 12.2. The number of carbonyl (C=O) groups is 2. The van der Waals surface area contributed by atoms with Crippen LogP contribution in [0.25, 0.3) is 0 Å². The Morgan fingerprint density at radius 1 is 1.43 bits per heavy atom. The van der Waals surface area contributed by atoms with Gasteiger partial charge in [0.1, 0.15) is 0 Å². The van der Waals surface area contributed by atoms with Crippen molar-refractivity contribution in [3.8, 4) is 0 Å². The molecule has 10 heteroatoms. The zero-order valence-corrected chi connectivity index (χ0v) is 13.7. The number of hydrogen-bond donors (Lipinski definition) is 3. The van der Waals surface area contributed by atoms with Gasteiger partial charge in [0, 0.05) is 13.7 Å². The molecule has 4 N–H and O–H groups in total. The van der Waals surface area contributed by atoms with E-state index in [1.165, 1.54) is 23.1 Å². The summed E-state index contributed by atoms with van der Waals surface area (Å²) in [4.78, 5) is 22.7. The van der Waals surface area contributed by atoms with Crippen molar-refractivity contribution in [2.75, 3.05) is 25.6 Å². The van der Waals surface area contributed by atoms with E-state index in [4.69, 9.17) is 10.5 Å². The zero-order chi connectivity index (χ0) is 15.8. The molecule has 0 aliphatic heterocycles. The molecule has 118 valence electrons. The number of amides is 3. The molecule has 0 aliphatic rings. The highest BCUT2D eigenvalue weighted by Crippen LogP contribution is 2.32. The van der Waals surface area contributed by atoms with Crippen LogP contribution in [0.2, 0.25) is 0 Å². The number of nitrogens with two attached hydrogens (primary N) is 1. The van der Waals surface area contributed by atoms with E-state index in [0.29, 0.717) is 22.6 Å². The maximum Gasteiger partial charge on any atom is 0.318 e. The van der Waals surface area contributed by atoms with Gasteiger partial charge in [-0.1, -0.05) is 36.9 Å². The Hall–Kier alpha value is -1.39. The Kier molecular flexibility index (Phi) is 7.40. The molecular formula is C11H19N5O3S2. The van der Waals surface area contributed by atoms with Crippen molar-refractivity contribution in [1.82, 2.24) is 15.5 Å². The minimum absolute atomic E-state index is 0.0168. The summed E-state index contributed by atoms with van der Waals surface area (Å²) in [5, 5.41) is 13.3. The molecule has 1 aromatic rings. The minimum Gasteiger partial charge on any atom is -0.383 e. The average molecular weight is 333 g/mol. The van der Waals surface area contributed by atoms with Gasteiger partial charge in [-0.05, 0) is 5.92 Å². The molecule has 0 saturated carbocycles. The van der Waals surface area contributed by atoms with E-state index in [2.05, 4.69) is 20.8 Å². The van der Waals surface area contributed by atoms with Crippen LogP contribution in [0.3, 0.4) is 0 Å².